The Kier molecular flexibility index (Phi) is 3.67. The lowest BCUT2D eigenvalue weighted by molar-refractivity contribution is 0.0918. The van der Waals surface area contributed by atoms with Crippen molar-refractivity contribution in [2.75, 3.05) is 6.54 Å². The fourth-order valence-electron chi connectivity index (χ4n) is 0.912. The van der Waals surface area contributed by atoms with E-state index < -0.39 is 0 Å². The zero-order chi connectivity index (χ0) is 11.3. The first-order valence-electron chi connectivity index (χ1n) is 4.31. The molecule has 1 aromatic rings. The van der Waals surface area contributed by atoms with Crippen molar-refractivity contribution in [1.29, 1.82) is 0 Å². The standard InChI is InChI=1S/C8H12N4O3/c1-5-4-6(15-12-5)8(13)10-3-2-7(9)11-14/h4,14H,2-3H2,1H3,(H2,9,11)(H,10,13). The maximum Gasteiger partial charge on any atom is 0.289 e. The molecular formula is C8H12N4O3. The van der Waals surface area contributed by atoms with Gasteiger partial charge in [0.25, 0.3) is 5.91 Å². The van der Waals surface area contributed by atoms with Crippen LogP contribution in [0.5, 0.6) is 0 Å². The van der Waals surface area contributed by atoms with Gasteiger partial charge in [-0.05, 0) is 6.92 Å². The number of nitrogens with two attached hydrogens (primary N) is 1. The summed E-state index contributed by atoms with van der Waals surface area (Å²) in [6.07, 6.45) is 0.273. The van der Waals surface area contributed by atoms with Gasteiger partial charge in [0.1, 0.15) is 5.84 Å². The summed E-state index contributed by atoms with van der Waals surface area (Å²) >= 11 is 0. The fraction of sp³-hybridized carbons (Fsp3) is 0.375. The molecule has 0 saturated heterocycles. The summed E-state index contributed by atoms with van der Waals surface area (Å²) in [7, 11) is 0. The van der Waals surface area contributed by atoms with Crippen LogP contribution in [0.2, 0.25) is 0 Å². The Hall–Kier alpha value is -2.05. The van der Waals surface area contributed by atoms with Crippen LogP contribution in [0.3, 0.4) is 0 Å². The average Bonchev–Trinajstić information content (AvgIpc) is 2.64. The minimum atomic E-state index is -0.374. The first kappa shape index (κ1) is 11.0. The molecule has 0 aliphatic rings. The smallest absolute Gasteiger partial charge is 0.289 e. The predicted octanol–water partition coefficient (Wildman–Crippen LogP) is -0.151. The highest BCUT2D eigenvalue weighted by atomic mass is 16.5. The van der Waals surface area contributed by atoms with Gasteiger partial charge in [-0.15, -0.1) is 0 Å². The van der Waals surface area contributed by atoms with Crippen LogP contribution in [0.15, 0.2) is 15.7 Å². The molecule has 0 spiro atoms. The van der Waals surface area contributed by atoms with E-state index in [4.69, 9.17) is 15.5 Å². The van der Waals surface area contributed by atoms with E-state index in [1.54, 1.807) is 6.92 Å². The Bertz CT molecular complexity index is 372. The van der Waals surface area contributed by atoms with E-state index in [2.05, 4.69) is 15.6 Å². The molecule has 0 bridgehead atoms. The molecule has 4 N–H and O–H groups in total. The van der Waals surface area contributed by atoms with Crippen molar-refractivity contribution < 1.29 is 14.5 Å². The number of amides is 1. The molecule has 0 radical (unpaired) electrons. The van der Waals surface area contributed by atoms with Gasteiger partial charge in [-0.3, -0.25) is 4.79 Å². The first-order valence-corrected chi connectivity index (χ1v) is 4.31. The molecule has 0 fully saturated rings. The molecule has 7 nitrogen and oxygen atoms in total. The largest absolute Gasteiger partial charge is 0.409 e. The highest BCUT2D eigenvalue weighted by Crippen LogP contribution is 2.01. The van der Waals surface area contributed by atoms with Crippen LogP contribution >= 0.6 is 0 Å². The van der Waals surface area contributed by atoms with Gasteiger partial charge in [-0.2, -0.15) is 0 Å². The average molecular weight is 212 g/mol. The summed E-state index contributed by atoms with van der Waals surface area (Å²) in [5, 5.41) is 17.1. The number of nitrogens with one attached hydrogen (secondary N) is 1. The van der Waals surface area contributed by atoms with E-state index in [9.17, 15) is 4.79 Å². The van der Waals surface area contributed by atoms with E-state index in [0.29, 0.717) is 5.69 Å². The van der Waals surface area contributed by atoms with Gasteiger partial charge in [0.15, 0.2) is 0 Å². The maximum atomic E-state index is 11.3. The Morgan fingerprint density at radius 3 is 3.07 bits per heavy atom. The van der Waals surface area contributed by atoms with E-state index in [1.165, 1.54) is 6.07 Å². The number of aromatic nitrogens is 1. The second-order valence-corrected chi connectivity index (χ2v) is 2.93. The van der Waals surface area contributed by atoms with Crippen LogP contribution in [-0.2, 0) is 0 Å². The third-order valence-electron chi connectivity index (χ3n) is 1.65. The molecule has 15 heavy (non-hydrogen) atoms. The van der Waals surface area contributed by atoms with E-state index in [-0.39, 0.29) is 30.5 Å². The van der Waals surface area contributed by atoms with Gasteiger partial charge in [0.2, 0.25) is 5.76 Å². The summed E-state index contributed by atoms with van der Waals surface area (Å²) in [4.78, 5) is 11.3. The SMILES string of the molecule is Cc1cc(C(=O)NCCC(N)=NO)on1. The molecule has 1 rings (SSSR count). The summed E-state index contributed by atoms with van der Waals surface area (Å²) in [6.45, 7) is 1.99. The van der Waals surface area contributed by atoms with Crippen molar-refractivity contribution in [3.05, 3.63) is 17.5 Å². The maximum absolute atomic E-state index is 11.3. The van der Waals surface area contributed by atoms with Crippen molar-refractivity contribution in [2.45, 2.75) is 13.3 Å². The van der Waals surface area contributed by atoms with Crippen molar-refractivity contribution in [1.82, 2.24) is 10.5 Å². The normalized spacial score (nSPS) is 11.4. The summed E-state index contributed by atoms with van der Waals surface area (Å²) in [5.74, 6) is -0.169. The minimum Gasteiger partial charge on any atom is -0.409 e. The number of rotatable bonds is 4. The summed E-state index contributed by atoms with van der Waals surface area (Å²) in [6, 6.07) is 1.53. The minimum absolute atomic E-state index is 0.0593. The van der Waals surface area contributed by atoms with Crippen LogP contribution in [0, 0.1) is 6.92 Å². The van der Waals surface area contributed by atoms with Gasteiger partial charge in [0.05, 0.1) is 5.69 Å². The van der Waals surface area contributed by atoms with Crippen LogP contribution < -0.4 is 11.1 Å². The van der Waals surface area contributed by atoms with E-state index in [0.717, 1.165) is 0 Å². The highest BCUT2D eigenvalue weighted by Gasteiger charge is 2.10. The fourth-order valence-corrected chi connectivity index (χ4v) is 0.912. The topological polar surface area (TPSA) is 114 Å². The number of aryl methyl sites for hydroxylation is 1. The van der Waals surface area contributed by atoms with Gasteiger partial charge >= 0.3 is 0 Å². The molecule has 0 saturated carbocycles. The third-order valence-corrected chi connectivity index (χ3v) is 1.65. The molecular weight excluding hydrogens is 200 g/mol. The monoisotopic (exact) mass is 212 g/mol. The van der Waals surface area contributed by atoms with Gasteiger partial charge in [-0.1, -0.05) is 10.3 Å². The van der Waals surface area contributed by atoms with E-state index in [1.807, 2.05) is 0 Å². The second-order valence-electron chi connectivity index (χ2n) is 2.93. The predicted molar refractivity (Wildman–Crippen MR) is 51.6 cm³/mol. The molecule has 1 aromatic heterocycles. The van der Waals surface area contributed by atoms with Gasteiger partial charge < -0.3 is 20.8 Å². The molecule has 0 aromatic carbocycles. The second kappa shape index (κ2) is 4.99. The van der Waals surface area contributed by atoms with Crippen LogP contribution in [-0.4, -0.2) is 28.7 Å². The van der Waals surface area contributed by atoms with Crippen molar-refractivity contribution in [2.24, 2.45) is 10.9 Å². The quantitative estimate of drug-likeness (QED) is 0.278. The number of hydrogen-bond donors (Lipinski definition) is 3. The molecule has 0 unspecified atom stereocenters. The third kappa shape index (κ3) is 3.29. The van der Waals surface area contributed by atoms with E-state index >= 15 is 0 Å². The van der Waals surface area contributed by atoms with Gasteiger partial charge in [0, 0.05) is 19.0 Å². The Morgan fingerprint density at radius 2 is 2.53 bits per heavy atom. The number of carbonyl (C=O) groups is 1. The number of carbonyl (C=O) groups excluding carboxylic acids is 1. The highest BCUT2D eigenvalue weighted by molar-refractivity contribution is 5.91. The number of nitrogens with zero attached hydrogens (tertiary/aromatic N) is 2. The summed E-state index contributed by atoms with van der Waals surface area (Å²) in [5.41, 5.74) is 5.85. The van der Waals surface area contributed by atoms with Crippen molar-refractivity contribution >= 4 is 11.7 Å². The molecule has 0 aliphatic carbocycles. The lowest BCUT2D eigenvalue weighted by Gasteiger charge is -2.00. The number of amidine groups is 1. The lowest BCUT2D eigenvalue weighted by Crippen LogP contribution is -2.27. The zero-order valence-electron chi connectivity index (χ0n) is 8.23. The molecule has 82 valence electrons. The first-order chi connectivity index (χ1) is 7.13. The number of oxime groups is 1. The van der Waals surface area contributed by atoms with Crippen molar-refractivity contribution in [3.63, 3.8) is 0 Å². The van der Waals surface area contributed by atoms with Crippen LogP contribution in [0.25, 0.3) is 0 Å². The Balaban J connectivity index is 2.37. The Labute approximate surface area is 85.9 Å². The zero-order valence-corrected chi connectivity index (χ0v) is 8.23. The lowest BCUT2D eigenvalue weighted by atomic mass is 10.3. The Morgan fingerprint density at radius 1 is 1.80 bits per heavy atom. The molecule has 0 atom stereocenters. The molecule has 0 aliphatic heterocycles. The molecule has 1 amide bonds. The van der Waals surface area contributed by atoms with Crippen molar-refractivity contribution in [3.8, 4) is 0 Å². The molecule has 1 heterocycles. The number of hydrogen-bond acceptors (Lipinski definition) is 5. The van der Waals surface area contributed by atoms with Crippen LogP contribution in [0.1, 0.15) is 22.7 Å². The van der Waals surface area contributed by atoms with Gasteiger partial charge in [-0.25, -0.2) is 0 Å². The van der Waals surface area contributed by atoms with Crippen LogP contribution in [0.4, 0.5) is 0 Å². The summed E-state index contributed by atoms with van der Waals surface area (Å²) < 4.78 is 4.74. The molecule has 7 heteroatoms.